The number of thiazole rings is 2. The molecule has 1 aliphatic heterocycles. The van der Waals surface area contributed by atoms with E-state index >= 15 is 0 Å². The van der Waals surface area contributed by atoms with Crippen molar-refractivity contribution in [3.63, 3.8) is 0 Å². The van der Waals surface area contributed by atoms with Crippen molar-refractivity contribution in [2.75, 3.05) is 13.9 Å². The third-order valence-electron chi connectivity index (χ3n) is 4.88. The second-order valence-corrected chi connectivity index (χ2v) is 11.2. The van der Waals surface area contributed by atoms with Crippen LogP contribution in [-0.4, -0.2) is 41.1 Å². The normalized spacial score (nSPS) is 18.6. The van der Waals surface area contributed by atoms with Crippen molar-refractivity contribution in [3.8, 4) is 21.5 Å². The number of nitrogens with one attached hydrogen (secondary N) is 1. The first-order valence-corrected chi connectivity index (χ1v) is 11.8. The van der Waals surface area contributed by atoms with Crippen molar-refractivity contribution < 1.29 is 14.2 Å². The molecule has 0 atom stereocenters. The molecule has 1 aliphatic rings. The van der Waals surface area contributed by atoms with Gasteiger partial charge in [0.15, 0.2) is 16.5 Å². The van der Waals surface area contributed by atoms with Crippen LogP contribution in [0, 0.1) is 0 Å². The van der Waals surface area contributed by atoms with Crippen LogP contribution in [0.5, 0.6) is 10.9 Å². The quantitative estimate of drug-likeness (QED) is 0.466. The maximum atomic E-state index is 6.28. The molecule has 0 bridgehead atoms. The molecule has 0 amide bonds. The number of aromatic nitrogens is 2. The predicted octanol–water partition coefficient (Wildman–Crippen LogP) is 5.74. The number of methoxy groups -OCH3 is 1. The van der Waals surface area contributed by atoms with E-state index in [4.69, 9.17) is 35.8 Å². The van der Waals surface area contributed by atoms with Gasteiger partial charge in [0, 0.05) is 36.1 Å². The van der Waals surface area contributed by atoms with Crippen molar-refractivity contribution in [1.29, 1.82) is 0 Å². The zero-order chi connectivity index (χ0) is 21.5. The topological polar surface area (TPSA) is 65.5 Å². The Hall–Kier alpha value is -1.45. The molecule has 6 nitrogen and oxygen atoms in total. The van der Waals surface area contributed by atoms with E-state index in [9.17, 15) is 0 Å². The summed E-state index contributed by atoms with van der Waals surface area (Å²) >= 11 is 9.13. The molecule has 4 rings (SSSR count). The Labute approximate surface area is 189 Å². The van der Waals surface area contributed by atoms with Crippen molar-refractivity contribution in [2.24, 2.45) is 0 Å². The van der Waals surface area contributed by atoms with Gasteiger partial charge in [-0.3, -0.25) is 0 Å². The van der Waals surface area contributed by atoms with E-state index < -0.39 is 0 Å². The van der Waals surface area contributed by atoms with Crippen LogP contribution in [0.25, 0.3) is 20.2 Å². The summed E-state index contributed by atoms with van der Waals surface area (Å²) in [6.07, 6.45) is 2.00. The first-order valence-electron chi connectivity index (χ1n) is 9.79. The maximum absolute atomic E-state index is 6.28. The molecule has 0 saturated carbocycles. The fraction of sp³-hybridized carbons (Fsp3) is 0.524. The lowest BCUT2D eigenvalue weighted by Gasteiger charge is -2.45. The summed E-state index contributed by atoms with van der Waals surface area (Å²) in [4.78, 5) is 11.2. The second kappa shape index (κ2) is 8.24. The van der Waals surface area contributed by atoms with Gasteiger partial charge in [0.05, 0.1) is 5.56 Å². The van der Waals surface area contributed by atoms with Gasteiger partial charge in [0.25, 0.3) is 5.19 Å². The molecular weight excluding hydrogens is 442 g/mol. The number of halogens is 1. The van der Waals surface area contributed by atoms with E-state index in [-0.39, 0.29) is 24.0 Å². The molecule has 0 radical (unpaired) electrons. The van der Waals surface area contributed by atoms with E-state index in [1.54, 1.807) is 13.2 Å². The smallest absolute Gasteiger partial charge is 0.276 e. The van der Waals surface area contributed by atoms with Crippen LogP contribution in [0.2, 0.25) is 5.02 Å². The Morgan fingerprint density at radius 1 is 1.10 bits per heavy atom. The lowest BCUT2D eigenvalue weighted by atomic mass is 9.81. The van der Waals surface area contributed by atoms with Gasteiger partial charge >= 0.3 is 0 Å². The van der Waals surface area contributed by atoms with Crippen LogP contribution in [0.4, 0.5) is 0 Å². The third-order valence-corrected chi connectivity index (χ3v) is 7.07. The Morgan fingerprint density at radius 3 is 2.47 bits per heavy atom. The van der Waals surface area contributed by atoms with Gasteiger partial charge in [-0.2, -0.15) is 4.98 Å². The standard InChI is InChI=1S/C21H26ClN3O3S2/c1-20(2)9-13(10-21(3,4)25-20)28-19-24-18-17(30-19)23-16(29-18)14-7-6-12(22)8-15(14)27-11-26-5/h6-8,13,25H,9-11H2,1-5H3. The van der Waals surface area contributed by atoms with Crippen molar-refractivity contribution in [1.82, 2.24) is 15.3 Å². The van der Waals surface area contributed by atoms with Crippen LogP contribution < -0.4 is 14.8 Å². The predicted molar refractivity (Wildman–Crippen MR) is 123 cm³/mol. The molecule has 30 heavy (non-hydrogen) atoms. The van der Waals surface area contributed by atoms with Gasteiger partial charge in [-0.1, -0.05) is 34.3 Å². The highest BCUT2D eigenvalue weighted by atomic mass is 35.5. The number of hydrogen-bond donors (Lipinski definition) is 1. The first kappa shape index (κ1) is 21.8. The zero-order valence-corrected chi connectivity index (χ0v) is 20.1. The third kappa shape index (κ3) is 4.89. The second-order valence-electron chi connectivity index (χ2n) is 8.84. The molecule has 0 aliphatic carbocycles. The minimum atomic E-state index is 0.0274. The number of hydrogen-bond acceptors (Lipinski definition) is 8. The molecule has 1 fully saturated rings. The minimum Gasteiger partial charge on any atom is -0.467 e. The van der Waals surface area contributed by atoms with Crippen LogP contribution in [0.3, 0.4) is 0 Å². The fourth-order valence-electron chi connectivity index (χ4n) is 4.16. The molecule has 1 saturated heterocycles. The van der Waals surface area contributed by atoms with Gasteiger partial charge < -0.3 is 19.5 Å². The molecule has 162 valence electrons. The van der Waals surface area contributed by atoms with Gasteiger partial charge in [-0.25, -0.2) is 4.98 Å². The van der Waals surface area contributed by atoms with E-state index in [2.05, 4.69) is 33.0 Å². The average Bonchev–Trinajstić information content (AvgIpc) is 3.15. The summed E-state index contributed by atoms with van der Waals surface area (Å²) in [7, 11) is 1.58. The molecule has 0 spiro atoms. The van der Waals surface area contributed by atoms with Crippen molar-refractivity contribution in [3.05, 3.63) is 23.2 Å². The number of ether oxygens (including phenoxy) is 3. The lowest BCUT2D eigenvalue weighted by molar-refractivity contribution is 0.0515. The van der Waals surface area contributed by atoms with Crippen LogP contribution in [0.15, 0.2) is 18.2 Å². The molecule has 3 aromatic rings. The Balaban J connectivity index is 1.55. The van der Waals surface area contributed by atoms with Gasteiger partial charge in [-0.05, 0) is 45.9 Å². The van der Waals surface area contributed by atoms with Gasteiger partial charge in [0.1, 0.15) is 16.9 Å². The minimum absolute atomic E-state index is 0.0274. The molecule has 0 unspecified atom stereocenters. The monoisotopic (exact) mass is 467 g/mol. The number of fused-ring (bicyclic) bond motifs is 1. The summed E-state index contributed by atoms with van der Waals surface area (Å²) in [5.74, 6) is 0.640. The number of benzene rings is 1. The molecule has 9 heteroatoms. The lowest BCUT2D eigenvalue weighted by Crippen LogP contribution is -2.60. The molecule has 2 aromatic heterocycles. The highest BCUT2D eigenvalue weighted by molar-refractivity contribution is 7.28. The van der Waals surface area contributed by atoms with E-state index in [0.29, 0.717) is 16.0 Å². The molecule has 3 heterocycles. The first-order chi connectivity index (χ1) is 14.1. The Kier molecular flexibility index (Phi) is 5.98. The number of piperidine rings is 1. The summed E-state index contributed by atoms with van der Waals surface area (Å²) < 4.78 is 17.0. The highest BCUT2D eigenvalue weighted by Gasteiger charge is 2.39. The van der Waals surface area contributed by atoms with Crippen molar-refractivity contribution >= 4 is 43.9 Å². The SMILES string of the molecule is COCOc1cc(Cl)ccc1-c1nc2sc(OC3CC(C)(C)NC(C)(C)C3)nc2s1. The average molecular weight is 468 g/mol. The summed E-state index contributed by atoms with van der Waals surface area (Å²) in [6, 6.07) is 5.51. The zero-order valence-electron chi connectivity index (χ0n) is 17.7. The summed E-state index contributed by atoms with van der Waals surface area (Å²) in [6.45, 7) is 9.01. The molecule has 1 aromatic carbocycles. The van der Waals surface area contributed by atoms with Crippen molar-refractivity contribution in [2.45, 2.75) is 57.7 Å². The Morgan fingerprint density at radius 2 is 1.80 bits per heavy atom. The van der Waals surface area contributed by atoms with Crippen LogP contribution >= 0.6 is 34.3 Å². The summed E-state index contributed by atoms with van der Waals surface area (Å²) in [5, 5.41) is 5.80. The van der Waals surface area contributed by atoms with E-state index in [0.717, 1.165) is 33.1 Å². The van der Waals surface area contributed by atoms with Crippen LogP contribution in [0.1, 0.15) is 40.5 Å². The largest absolute Gasteiger partial charge is 0.467 e. The van der Waals surface area contributed by atoms with E-state index in [1.807, 2.05) is 12.1 Å². The maximum Gasteiger partial charge on any atom is 0.276 e. The summed E-state index contributed by atoms with van der Waals surface area (Å²) in [5.41, 5.74) is 0.926. The fourth-order valence-corrected chi connectivity index (χ4v) is 6.30. The van der Waals surface area contributed by atoms with Crippen LogP contribution in [-0.2, 0) is 4.74 Å². The van der Waals surface area contributed by atoms with Gasteiger partial charge in [0.2, 0.25) is 0 Å². The number of nitrogens with zero attached hydrogens (tertiary/aromatic N) is 2. The number of rotatable bonds is 6. The molecule has 1 N–H and O–H groups in total. The van der Waals surface area contributed by atoms with E-state index in [1.165, 1.54) is 22.7 Å². The molecular formula is C21H26ClN3O3S2. The van der Waals surface area contributed by atoms with Gasteiger partial charge in [-0.15, -0.1) is 0 Å². The highest BCUT2D eigenvalue weighted by Crippen LogP contribution is 2.41. The Bertz CT molecular complexity index is 1000.